The van der Waals surface area contributed by atoms with Crippen LogP contribution in [-0.2, 0) is 11.4 Å². The largest absolute Gasteiger partial charge is 0.497 e. The molecule has 1 aliphatic carbocycles. The fourth-order valence-corrected chi connectivity index (χ4v) is 4.10. The van der Waals surface area contributed by atoms with Crippen LogP contribution < -0.4 is 14.4 Å². The third-order valence-corrected chi connectivity index (χ3v) is 5.85. The molecular weight excluding hydrogens is 386 g/mol. The molecule has 4 rings (SSSR count). The van der Waals surface area contributed by atoms with E-state index in [4.69, 9.17) is 9.47 Å². The lowest BCUT2D eigenvalue weighted by Crippen LogP contribution is -2.33. The standard InChI is InChI=1S/C27H29NO3/c1-30-25-16-12-23(13-17-25)28(27(29)22-10-6-3-7-11-22)24-14-18-26(19-15-24)31-20-21-8-4-2-5-9-21/h2,4-5,8-9,12-19,22H,3,6-7,10-11,20H2,1H3. The molecule has 1 aliphatic rings. The zero-order valence-corrected chi connectivity index (χ0v) is 18.0. The van der Waals surface area contributed by atoms with Crippen LogP contribution in [0.3, 0.4) is 0 Å². The van der Waals surface area contributed by atoms with E-state index >= 15 is 0 Å². The molecule has 0 N–H and O–H groups in total. The number of hydrogen-bond acceptors (Lipinski definition) is 3. The van der Waals surface area contributed by atoms with Gasteiger partial charge in [0.1, 0.15) is 18.1 Å². The summed E-state index contributed by atoms with van der Waals surface area (Å²) in [5.74, 6) is 1.80. The van der Waals surface area contributed by atoms with Crippen molar-refractivity contribution in [2.75, 3.05) is 12.0 Å². The van der Waals surface area contributed by atoms with Gasteiger partial charge in [0.05, 0.1) is 7.11 Å². The maximum atomic E-state index is 13.5. The lowest BCUT2D eigenvalue weighted by atomic mass is 9.88. The van der Waals surface area contributed by atoms with Crippen LogP contribution in [0.2, 0.25) is 0 Å². The molecule has 0 spiro atoms. The zero-order valence-electron chi connectivity index (χ0n) is 18.0. The van der Waals surface area contributed by atoms with E-state index in [2.05, 4.69) is 0 Å². The Balaban J connectivity index is 1.55. The number of rotatable bonds is 7. The van der Waals surface area contributed by atoms with Gasteiger partial charge in [-0.2, -0.15) is 0 Å². The van der Waals surface area contributed by atoms with E-state index in [0.717, 1.165) is 54.1 Å². The SMILES string of the molecule is COc1ccc(N(C(=O)C2CCCCC2)c2ccc(OCc3ccccc3)cc2)cc1. The van der Waals surface area contributed by atoms with Crippen molar-refractivity contribution in [1.82, 2.24) is 0 Å². The predicted molar refractivity (Wildman–Crippen MR) is 124 cm³/mol. The van der Waals surface area contributed by atoms with Gasteiger partial charge in [-0.1, -0.05) is 49.6 Å². The van der Waals surface area contributed by atoms with Gasteiger partial charge in [0.15, 0.2) is 0 Å². The molecule has 3 aromatic rings. The Labute approximate surface area is 184 Å². The van der Waals surface area contributed by atoms with Crippen LogP contribution in [0.15, 0.2) is 78.9 Å². The van der Waals surface area contributed by atoms with Crippen molar-refractivity contribution < 1.29 is 14.3 Å². The van der Waals surface area contributed by atoms with E-state index in [-0.39, 0.29) is 11.8 Å². The Hall–Kier alpha value is -3.27. The average molecular weight is 416 g/mol. The summed E-state index contributed by atoms with van der Waals surface area (Å²) in [6.07, 6.45) is 5.39. The average Bonchev–Trinajstić information content (AvgIpc) is 2.85. The molecule has 0 bridgehead atoms. The van der Waals surface area contributed by atoms with Crippen molar-refractivity contribution in [2.24, 2.45) is 5.92 Å². The number of methoxy groups -OCH3 is 1. The van der Waals surface area contributed by atoms with E-state index in [1.165, 1.54) is 6.42 Å². The molecule has 1 amide bonds. The van der Waals surface area contributed by atoms with E-state index in [0.29, 0.717) is 6.61 Å². The lowest BCUT2D eigenvalue weighted by molar-refractivity contribution is -0.122. The fraction of sp³-hybridized carbons (Fsp3) is 0.296. The topological polar surface area (TPSA) is 38.8 Å². The number of amides is 1. The minimum atomic E-state index is 0.0739. The Morgan fingerprint density at radius 2 is 1.39 bits per heavy atom. The minimum absolute atomic E-state index is 0.0739. The van der Waals surface area contributed by atoms with Crippen LogP contribution in [0.25, 0.3) is 0 Å². The van der Waals surface area contributed by atoms with Gasteiger partial charge in [-0.25, -0.2) is 0 Å². The van der Waals surface area contributed by atoms with Crippen LogP contribution in [0.1, 0.15) is 37.7 Å². The van der Waals surface area contributed by atoms with Gasteiger partial charge in [0.25, 0.3) is 0 Å². The summed E-state index contributed by atoms with van der Waals surface area (Å²) in [6, 6.07) is 25.6. The molecule has 0 unspecified atom stereocenters. The third-order valence-electron chi connectivity index (χ3n) is 5.85. The van der Waals surface area contributed by atoms with Crippen molar-refractivity contribution >= 4 is 17.3 Å². The van der Waals surface area contributed by atoms with Crippen LogP contribution in [-0.4, -0.2) is 13.0 Å². The number of ether oxygens (including phenoxy) is 2. The second-order valence-corrected chi connectivity index (χ2v) is 7.97. The van der Waals surface area contributed by atoms with Gasteiger partial charge in [0, 0.05) is 17.3 Å². The molecule has 31 heavy (non-hydrogen) atoms. The maximum absolute atomic E-state index is 13.5. The number of benzene rings is 3. The summed E-state index contributed by atoms with van der Waals surface area (Å²) in [5, 5.41) is 0. The highest BCUT2D eigenvalue weighted by atomic mass is 16.5. The first-order chi connectivity index (χ1) is 15.2. The molecule has 1 fully saturated rings. The first-order valence-electron chi connectivity index (χ1n) is 11.0. The molecule has 0 aromatic heterocycles. The number of hydrogen-bond donors (Lipinski definition) is 0. The summed E-state index contributed by atoms with van der Waals surface area (Å²) in [4.78, 5) is 15.4. The highest BCUT2D eigenvalue weighted by molar-refractivity contribution is 6.02. The summed E-state index contributed by atoms with van der Waals surface area (Å²) >= 11 is 0. The highest BCUT2D eigenvalue weighted by Gasteiger charge is 2.28. The molecule has 0 aliphatic heterocycles. The van der Waals surface area contributed by atoms with Crippen molar-refractivity contribution in [3.63, 3.8) is 0 Å². The summed E-state index contributed by atoms with van der Waals surface area (Å²) in [5.41, 5.74) is 2.83. The van der Waals surface area contributed by atoms with E-state index < -0.39 is 0 Å². The van der Waals surface area contributed by atoms with Crippen LogP contribution >= 0.6 is 0 Å². The van der Waals surface area contributed by atoms with Gasteiger partial charge in [-0.15, -0.1) is 0 Å². The zero-order chi connectivity index (χ0) is 21.5. The number of carbonyl (C=O) groups is 1. The maximum Gasteiger partial charge on any atom is 0.234 e. The normalized spacial score (nSPS) is 14.1. The first-order valence-corrected chi connectivity index (χ1v) is 11.0. The van der Waals surface area contributed by atoms with Gasteiger partial charge in [-0.05, 0) is 66.9 Å². The molecule has 0 heterocycles. The summed E-state index contributed by atoms with van der Waals surface area (Å²) < 4.78 is 11.2. The summed E-state index contributed by atoms with van der Waals surface area (Å²) in [6.45, 7) is 0.517. The molecule has 3 aromatic carbocycles. The molecular formula is C27H29NO3. The van der Waals surface area contributed by atoms with Crippen molar-refractivity contribution in [1.29, 1.82) is 0 Å². The Morgan fingerprint density at radius 1 is 0.806 bits per heavy atom. The number of nitrogens with zero attached hydrogens (tertiary/aromatic N) is 1. The molecule has 1 saturated carbocycles. The lowest BCUT2D eigenvalue weighted by Gasteiger charge is -2.29. The van der Waals surface area contributed by atoms with Crippen LogP contribution in [0.4, 0.5) is 11.4 Å². The minimum Gasteiger partial charge on any atom is -0.497 e. The monoisotopic (exact) mass is 415 g/mol. The van der Waals surface area contributed by atoms with Crippen molar-refractivity contribution in [2.45, 2.75) is 38.7 Å². The molecule has 4 heteroatoms. The molecule has 0 saturated heterocycles. The van der Waals surface area contributed by atoms with Crippen molar-refractivity contribution in [3.05, 3.63) is 84.4 Å². The van der Waals surface area contributed by atoms with Crippen LogP contribution in [0.5, 0.6) is 11.5 Å². The van der Waals surface area contributed by atoms with E-state index in [1.807, 2.05) is 83.8 Å². The highest BCUT2D eigenvalue weighted by Crippen LogP contribution is 2.34. The predicted octanol–water partition coefficient (Wildman–Crippen LogP) is 6.52. The Kier molecular flexibility index (Phi) is 6.88. The smallest absolute Gasteiger partial charge is 0.234 e. The second-order valence-electron chi connectivity index (χ2n) is 7.97. The molecule has 160 valence electrons. The van der Waals surface area contributed by atoms with E-state index in [1.54, 1.807) is 7.11 Å². The number of anilines is 2. The van der Waals surface area contributed by atoms with Crippen molar-refractivity contribution in [3.8, 4) is 11.5 Å². The second kappa shape index (κ2) is 10.2. The van der Waals surface area contributed by atoms with E-state index in [9.17, 15) is 4.79 Å². The quantitative estimate of drug-likeness (QED) is 0.441. The van der Waals surface area contributed by atoms with Gasteiger partial charge in [-0.3, -0.25) is 9.69 Å². The fourth-order valence-electron chi connectivity index (χ4n) is 4.10. The number of carbonyl (C=O) groups excluding carboxylic acids is 1. The molecule has 0 atom stereocenters. The third kappa shape index (κ3) is 5.26. The summed E-state index contributed by atoms with van der Waals surface area (Å²) in [7, 11) is 1.65. The van der Waals surface area contributed by atoms with Gasteiger partial charge < -0.3 is 9.47 Å². The Morgan fingerprint density at radius 3 is 1.97 bits per heavy atom. The first kappa shape index (κ1) is 21.0. The van der Waals surface area contributed by atoms with Gasteiger partial charge >= 0.3 is 0 Å². The van der Waals surface area contributed by atoms with Gasteiger partial charge in [0.2, 0.25) is 5.91 Å². The molecule has 0 radical (unpaired) electrons. The molecule has 4 nitrogen and oxygen atoms in total. The van der Waals surface area contributed by atoms with Crippen LogP contribution in [0, 0.1) is 5.92 Å². The Bertz CT molecular complexity index is 962.